The molecule has 3 amide bonds. The molecule has 5 atom stereocenters. The van der Waals surface area contributed by atoms with Gasteiger partial charge in [0.05, 0.1) is 17.9 Å². The van der Waals surface area contributed by atoms with Crippen LogP contribution in [0, 0.1) is 25.7 Å². The van der Waals surface area contributed by atoms with Crippen LogP contribution in [0.15, 0.2) is 42.5 Å². The van der Waals surface area contributed by atoms with Crippen LogP contribution in [-0.4, -0.2) is 83.7 Å². The number of unbranched alkanes of at least 4 members (excludes halogenated alkanes) is 3. The highest BCUT2D eigenvalue weighted by Gasteiger charge is 2.71. The van der Waals surface area contributed by atoms with Crippen LogP contribution >= 0.6 is 0 Å². The zero-order valence-corrected chi connectivity index (χ0v) is 21.9. The van der Waals surface area contributed by atoms with Crippen molar-refractivity contribution in [1.82, 2.24) is 9.80 Å². The molecule has 0 saturated carbocycles. The minimum atomic E-state index is -1.20. The molecule has 0 radical (unpaired) electrons. The molecule has 198 valence electrons. The van der Waals surface area contributed by atoms with Gasteiger partial charge in [-0.15, -0.1) is 0 Å². The number of likely N-dealkylation sites (tertiary alicyclic amines) is 1. The summed E-state index contributed by atoms with van der Waals surface area (Å²) in [6, 6.07) is 5.11. The second-order valence-electron chi connectivity index (χ2n) is 10.8. The number of ether oxygens (including phenoxy) is 1. The molecule has 0 bridgehead atoms. The van der Waals surface area contributed by atoms with Crippen LogP contribution < -0.4 is 4.90 Å². The number of nitrogens with zero attached hydrogens (tertiary/aromatic N) is 3. The SMILES string of the molecule is Cc1cccc(C)c1N1CC=C[C@]23O[C@@H]4C=CCN(C)C(=O)[C@@H]4[C@H]2C(=O)N(CCCCCCO)C3C1=O. The lowest BCUT2D eigenvalue weighted by atomic mass is 9.77. The van der Waals surface area contributed by atoms with Gasteiger partial charge in [0.1, 0.15) is 11.6 Å². The highest BCUT2D eigenvalue weighted by atomic mass is 16.5. The average Bonchev–Trinajstić information content (AvgIpc) is 3.19. The van der Waals surface area contributed by atoms with Gasteiger partial charge in [0.2, 0.25) is 11.8 Å². The number of rotatable bonds is 7. The topological polar surface area (TPSA) is 90.4 Å². The number of anilines is 1. The quantitative estimate of drug-likeness (QED) is 0.452. The molecule has 8 heteroatoms. The van der Waals surface area contributed by atoms with Gasteiger partial charge in [-0.25, -0.2) is 0 Å². The Hall–Kier alpha value is -2.97. The second kappa shape index (κ2) is 10.1. The zero-order valence-electron chi connectivity index (χ0n) is 21.9. The fourth-order valence-corrected chi connectivity index (χ4v) is 6.68. The van der Waals surface area contributed by atoms with Gasteiger partial charge < -0.3 is 24.5 Å². The number of aliphatic hydroxyl groups is 1. The Morgan fingerprint density at radius 2 is 1.70 bits per heavy atom. The third-order valence-corrected chi connectivity index (χ3v) is 8.38. The summed E-state index contributed by atoms with van der Waals surface area (Å²) in [5, 5.41) is 9.13. The van der Waals surface area contributed by atoms with E-state index in [4.69, 9.17) is 9.84 Å². The maximum Gasteiger partial charge on any atom is 0.253 e. The first-order valence-corrected chi connectivity index (χ1v) is 13.4. The van der Waals surface area contributed by atoms with Gasteiger partial charge in [-0.05, 0) is 37.8 Å². The Morgan fingerprint density at radius 1 is 0.973 bits per heavy atom. The normalized spacial score (nSPS) is 30.9. The number of aryl methyl sites for hydroxylation is 2. The van der Waals surface area contributed by atoms with Gasteiger partial charge in [0.25, 0.3) is 5.91 Å². The standard InChI is InChI=1S/C29H37N3O5/c1-19-11-8-12-20(2)24(19)31-17-10-14-29-23(22-21(37-29)13-9-15-30(3)26(22)34)27(35)32(25(29)28(31)36)16-6-4-5-7-18-33/h8-14,21-23,25,33H,4-7,15-18H2,1-3H3/t21-,22+,23+,25?,29+/m1/s1. The predicted molar refractivity (Wildman–Crippen MR) is 140 cm³/mol. The maximum atomic E-state index is 14.4. The molecular weight excluding hydrogens is 470 g/mol. The monoisotopic (exact) mass is 507 g/mol. The van der Waals surface area contributed by atoms with E-state index in [1.807, 2.05) is 56.4 Å². The number of para-hydroxylation sites is 1. The molecule has 2 fully saturated rings. The molecule has 1 aromatic rings. The molecule has 1 N–H and O–H groups in total. The molecule has 4 heterocycles. The smallest absolute Gasteiger partial charge is 0.253 e. The number of amides is 3. The number of hydrogen-bond donors (Lipinski definition) is 1. The van der Waals surface area contributed by atoms with E-state index in [9.17, 15) is 14.4 Å². The van der Waals surface area contributed by atoms with Crippen molar-refractivity contribution in [3.8, 4) is 0 Å². The van der Waals surface area contributed by atoms with E-state index in [0.29, 0.717) is 32.5 Å². The van der Waals surface area contributed by atoms with Gasteiger partial charge >= 0.3 is 0 Å². The van der Waals surface area contributed by atoms with Crippen molar-refractivity contribution in [1.29, 1.82) is 0 Å². The largest absolute Gasteiger partial charge is 0.396 e. The molecule has 1 unspecified atom stereocenters. The van der Waals surface area contributed by atoms with E-state index in [2.05, 4.69) is 0 Å². The van der Waals surface area contributed by atoms with E-state index in [0.717, 1.165) is 29.7 Å². The summed E-state index contributed by atoms with van der Waals surface area (Å²) < 4.78 is 6.66. The molecule has 8 nitrogen and oxygen atoms in total. The fourth-order valence-electron chi connectivity index (χ4n) is 6.68. The molecule has 4 aliphatic heterocycles. The molecule has 1 spiro atoms. The Balaban J connectivity index is 1.57. The number of benzene rings is 1. The number of fused-ring (bicyclic) bond motifs is 2. The molecule has 37 heavy (non-hydrogen) atoms. The van der Waals surface area contributed by atoms with Gasteiger partial charge in [-0.3, -0.25) is 14.4 Å². The van der Waals surface area contributed by atoms with Crippen molar-refractivity contribution in [3.05, 3.63) is 53.6 Å². The minimum absolute atomic E-state index is 0.120. The van der Waals surface area contributed by atoms with Crippen LogP contribution in [0.2, 0.25) is 0 Å². The van der Waals surface area contributed by atoms with Crippen LogP contribution in [0.5, 0.6) is 0 Å². The third kappa shape index (κ3) is 4.10. The zero-order chi connectivity index (χ0) is 26.3. The van der Waals surface area contributed by atoms with Crippen LogP contribution in [0.1, 0.15) is 36.8 Å². The first-order chi connectivity index (χ1) is 17.8. The second-order valence-corrected chi connectivity index (χ2v) is 10.8. The first kappa shape index (κ1) is 25.7. The third-order valence-electron chi connectivity index (χ3n) is 8.38. The summed E-state index contributed by atoms with van der Waals surface area (Å²) in [5.41, 5.74) is 1.65. The van der Waals surface area contributed by atoms with Crippen LogP contribution in [0.3, 0.4) is 0 Å². The molecule has 1 aromatic carbocycles. The van der Waals surface area contributed by atoms with Gasteiger partial charge in [0, 0.05) is 39.0 Å². The van der Waals surface area contributed by atoms with Crippen LogP contribution in [0.25, 0.3) is 0 Å². The molecule has 4 aliphatic rings. The van der Waals surface area contributed by atoms with Gasteiger partial charge in [-0.1, -0.05) is 55.3 Å². The van der Waals surface area contributed by atoms with Gasteiger partial charge in [0.15, 0.2) is 0 Å². The summed E-state index contributed by atoms with van der Waals surface area (Å²) >= 11 is 0. The minimum Gasteiger partial charge on any atom is -0.396 e. The lowest BCUT2D eigenvalue weighted by molar-refractivity contribution is -0.143. The van der Waals surface area contributed by atoms with E-state index in [1.54, 1.807) is 21.7 Å². The van der Waals surface area contributed by atoms with Crippen molar-refractivity contribution in [2.45, 2.75) is 57.3 Å². The number of aliphatic hydroxyl groups excluding tert-OH is 1. The number of hydrogen-bond acceptors (Lipinski definition) is 5. The Labute approximate surface area is 218 Å². The Bertz CT molecular complexity index is 1130. The molecule has 2 saturated heterocycles. The van der Waals surface area contributed by atoms with E-state index in [-0.39, 0.29) is 24.3 Å². The van der Waals surface area contributed by atoms with Crippen molar-refractivity contribution < 1.29 is 24.2 Å². The van der Waals surface area contributed by atoms with E-state index < -0.39 is 29.6 Å². The Morgan fingerprint density at radius 3 is 2.43 bits per heavy atom. The molecular formula is C29H37N3O5. The van der Waals surface area contributed by atoms with Crippen LogP contribution in [-0.2, 0) is 19.1 Å². The fraction of sp³-hybridized carbons (Fsp3) is 0.552. The van der Waals surface area contributed by atoms with Crippen molar-refractivity contribution >= 4 is 23.4 Å². The highest BCUT2D eigenvalue weighted by Crippen LogP contribution is 2.53. The number of likely N-dealkylation sites (N-methyl/N-ethyl adjacent to an activating group) is 1. The van der Waals surface area contributed by atoms with Gasteiger partial charge in [-0.2, -0.15) is 0 Å². The van der Waals surface area contributed by atoms with E-state index >= 15 is 0 Å². The number of carbonyl (C=O) groups excluding carboxylic acids is 3. The summed E-state index contributed by atoms with van der Waals surface area (Å²) in [6.45, 7) is 5.38. The van der Waals surface area contributed by atoms with Crippen LogP contribution in [0.4, 0.5) is 5.69 Å². The summed E-state index contributed by atoms with van der Waals surface area (Å²) in [5.74, 6) is -1.89. The Kier molecular flexibility index (Phi) is 6.98. The van der Waals surface area contributed by atoms with Crippen molar-refractivity contribution in [2.24, 2.45) is 11.8 Å². The molecule has 0 aromatic heterocycles. The summed E-state index contributed by atoms with van der Waals surface area (Å²) in [6.07, 6.45) is 10.2. The average molecular weight is 508 g/mol. The first-order valence-electron chi connectivity index (χ1n) is 13.4. The van der Waals surface area contributed by atoms with Crippen molar-refractivity contribution in [2.75, 3.05) is 38.2 Å². The lowest BCUT2D eigenvalue weighted by Gasteiger charge is -2.36. The summed E-state index contributed by atoms with van der Waals surface area (Å²) in [4.78, 5) is 47.1. The van der Waals surface area contributed by atoms with Crippen molar-refractivity contribution in [3.63, 3.8) is 0 Å². The molecule has 0 aliphatic carbocycles. The van der Waals surface area contributed by atoms with E-state index in [1.165, 1.54) is 0 Å². The predicted octanol–water partition coefficient (Wildman–Crippen LogP) is 2.37. The molecule has 5 rings (SSSR count). The summed E-state index contributed by atoms with van der Waals surface area (Å²) in [7, 11) is 1.74. The lowest BCUT2D eigenvalue weighted by Crippen LogP contribution is -2.55. The highest BCUT2D eigenvalue weighted by molar-refractivity contribution is 6.06. The maximum absolute atomic E-state index is 14.4. The number of carbonyl (C=O) groups is 3.